The Morgan fingerprint density at radius 1 is 1.43 bits per heavy atom. The first-order valence-corrected chi connectivity index (χ1v) is 7.90. The van der Waals surface area contributed by atoms with Gasteiger partial charge in [0.1, 0.15) is 28.3 Å². The van der Waals surface area contributed by atoms with Gasteiger partial charge in [-0.25, -0.2) is 14.4 Å². The molecule has 0 aliphatic carbocycles. The number of anilines is 1. The van der Waals surface area contributed by atoms with Gasteiger partial charge in [-0.15, -0.1) is 0 Å². The Balaban J connectivity index is 2.05. The third-order valence-electron chi connectivity index (χ3n) is 2.82. The van der Waals surface area contributed by atoms with Crippen LogP contribution in [0.15, 0.2) is 23.2 Å². The third kappa shape index (κ3) is 4.41. The van der Waals surface area contributed by atoms with Crippen molar-refractivity contribution in [3.05, 3.63) is 46.1 Å². The van der Waals surface area contributed by atoms with Crippen molar-refractivity contribution >= 4 is 35.0 Å². The molecular formula is C15H12ClFN4OS. The predicted molar refractivity (Wildman–Crippen MR) is 87.0 cm³/mol. The predicted octanol–water partition coefficient (Wildman–Crippen LogP) is 3.49. The number of carbonyl (C=O) groups excluding carboxylic acids is 1. The number of carbonyl (C=O) groups is 1. The van der Waals surface area contributed by atoms with Crippen molar-refractivity contribution in [1.82, 2.24) is 9.97 Å². The lowest BCUT2D eigenvalue weighted by Gasteiger charge is -2.08. The normalized spacial score (nSPS) is 10.2. The number of halogens is 2. The van der Waals surface area contributed by atoms with E-state index in [1.807, 2.05) is 6.07 Å². The van der Waals surface area contributed by atoms with Crippen molar-refractivity contribution in [2.24, 2.45) is 0 Å². The molecule has 0 unspecified atom stereocenters. The minimum Gasteiger partial charge on any atom is -0.325 e. The van der Waals surface area contributed by atoms with Crippen molar-refractivity contribution in [2.75, 3.05) is 11.1 Å². The summed E-state index contributed by atoms with van der Waals surface area (Å²) in [6.07, 6.45) is 0. The molecule has 0 radical (unpaired) electrons. The van der Waals surface area contributed by atoms with Gasteiger partial charge in [0.05, 0.1) is 16.5 Å². The number of hydrogen-bond donors (Lipinski definition) is 1. The summed E-state index contributed by atoms with van der Waals surface area (Å²) in [7, 11) is 0. The zero-order valence-corrected chi connectivity index (χ0v) is 13.9. The second-order valence-corrected chi connectivity index (χ2v) is 5.99. The van der Waals surface area contributed by atoms with Crippen LogP contribution in [0.2, 0.25) is 5.02 Å². The topological polar surface area (TPSA) is 78.7 Å². The number of thioether (sulfide) groups is 1. The molecule has 0 aliphatic rings. The Kier molecular flexibility index (Phi) is 5.53. The van der Waals surface area contributed by atoms with Gasteiger partial charge in [-0.05, 0) is 32.0 Å². The molecule has 118 valence electrons. The summed E-state index contributed by atoms with van der Waals surface area (Å²) in [6.45, 7) is 3.44. The summed E-state index contributed by atoms with van der Waals surface area (Å²) in [5.41, 5.74) is 1.34. The van der Waals surface area contributed by atoms with Crippen molar-refractivity contribution in [3.63, 3.8) is 0 Å². The Labute approximate surface area is 141 Å². The van der Waals surface area contributed by atoms with Crippen LogP contribution in [-0.4, -0.2) is 21.6 Å². The lowest BCUT2D eigenvalue weighted by Crippen LogP contribution is -2.14. The summed E-state index contributed by atoms with van der Waals surface area (Å²) >= 11 is 6.80. The van der Waals surface area contributed by atoms with E-state index in [-0.39, 0.29) is 16.7 Å². The second-order valence-electron chi connectivity index (χ2n) is 4.61. The average molecular weight is 351 g/mol. The lowest BCUT2D eigenvalue weighted by molar-refractivity contribution is -0.113. The number of nitriles is 1. The number of amides is 1. The van der Waals surface area contributed by atoms with Crippen LogP contribution in [0.3, 0.4) is 0 Å². The largest absolute Gasteiger partial charge is 0.325 e. The molecule has 1 aromatic carbocycles. The number of aromatic nitrogens is 2. The highest BCUT2D eigenvalue weighted by molar-refractivity contribution is 8.00. The van der Waals surface area contributed by atoms with E-state index in [1.54, 1.807) is 13.8 Å². The smallest absolute Gasteiger partial charge is 0.234 e. The minimum absolute atomic E-state index is 0.0551. The fraction of sp³-hybridized carbons (Fsp3) is 0.200. The summed E-state index contributed by atoms with van der Waals surface area (Å²) in [6, 6.07) is 5.97. The van der Waals surface area contributed by atoms with Crippen LogP contribution in [-0.2, 0) is 4.79 Å². The highest BCUT2D eigenvalue weighted by atomic mass is 35.5. The molecule has 8 heteroatoms. The maximum Gasteiger partial charge on any atom is 0.234 e. The first kappa shape index (κ1) is 17.2. The number of rotatable bonds is 4. The molecule has 2 aromatic rings. The third-order valence-corrected chi connectivity index (χ3v) is 4.09. The maximum absolute atomic E-state index is 13.1. The number of benzene rings is 1. The molecule has 0 spiro atoms. The van der Waals surface area contributed by atoms with Crippen LogP contribution >= 0.6 is 23.4 Å². The summed E-state index contributed by atoms with van der Waals surface area (Å²) in [5, 5.41) is 12.2. The van der Waals surface area contributed by atoms with Crippen LogP contribution in [0, 0.1) is 31.0 Å². The fourth-order valence-electron chi connectivity index (χ4n) is 1.82. The van der Waals surface area contributed by atoms with E-state index in [9.17, 15) is 9.18 Å². The molecule has 2 rings (SSSR count). The molecule has 5 nitrogen and oxygen atoms in total. The Hall–Kier alpha value is -2.17. The van der Waals surface area contributed by atoms with Crippen molar-refractivity contribution in [1.29, 1.82) is 5.26 Å². The second kappa shape index (κ2) is 7.40. The van der Waals surface area contributed by atoms with E-state index in [4.69, 9.17) is 16.9 Å². The van der Waals surface area contributed by atoms with Gasteiger partial charge in [-0.3, -0.25) is 4.79 Å². The zero-order chi connectivity index (χ0) is 17.0. The summed E-state index contributed by atoms with van der Waals surface area (Å²) in [5.74, 6) is -0.269. The molecule has 0 aliphatic heterocycles. The quantitative estimate of drug-likeness (QED) is 0.674. The van der Waals surface area contributed by atoms with Gasteiger partial charge in [0, 0.05) is 5.69 Å². The number of nitrogens with zero attached hydrogens (tertiary/aromatic N) is 3. The average Bonchev–Trinajstić information content (AvgIpc) is 2.48. The standard InChI is InChI=1S/C15H12ClFN4OS/c1-8-11(6-18)15(20-9(2)19-8)23-7-14(22)21-10-3-4-13(17)12(16)5-10/h3-5H,7H2,1-2H3,(H,21,22). The summed E-state index contributed by atoms with van der Waals surface area (Å²) in [4.78, 5) is 20.3. The molecule has 1 amide bonds. The highest BCUT2D eigenvalue weighted by Crippen LogP contribution is 2.23. The van der Waals surface area contributed by atoms with Crippen LogP contribution in [0.1, 0.15) is 17.1 Å². The van der Waals surface area contributed by atoms with Crippen LogP contribution in [0.5, 0.6) is 0 Å². The van der Waals surface area contributed by atoms with Gasteiger partial charge in [-0.1, -0.05) is 23.4 Å². The Morgan fingerprint density at radius 3 is 2.83 bits per heavy atom. The summed E-state index contributed by atoms with van der Waals surface area (Å²) < 4.78 is 13.1. The van der Waals surface area contributed by atoms with Crippen LogP contribution in [0.4, 0.5) is 10.1 Å². The molecule has 1 aromatic heterocycles. The van der Waals surface area contributed by atoms with E-state index in [2.05, 4.69) is 15.3 Å². The molecular weight excluding hydrogens is 339 g/mol. The number of nitrogens with one attached hydrogen (secondary N) is 1. The van der Waals surface area contributed by atoms with E-state index in [0.29, 0.717) is 27.8 Å². The monoisotopic (exact) mass is 350 g/mol. The van der Waals surface area contributed by atoms with Crippen molar-refractivity contribution in [3.8, 4) is 6.07 Å². The molecule has 0 saturated heterocycles. The highest BCUT2D eigenvalue weighted by Gasteiger charge is 2.13. The van der Waals surface area contributed by atoms with Crippen LogP contribution in [0.25, 0.3) is 0 Å². The van der Waals surface area contributed by atoms with Gasteiger partial charge in [0.15, 0.2) is 0 Å². The van der Waals surface area contributed by atoms with Crippen molar-refractivity contribution in [2.45, 2.75) is 18.9 Å². The Morgan fingerprint density at radius 2 is 2.17 bits per heavy atom. The first-order chi connectivity index (χ1) is 10.9. The lowest BCUT2D eigenvalue weighted by atomic mass is 10.3. The molecule has 0 saturated carbocycles. The fourth-order valence-corrected chi connectivity index (χ4v) is 2.87. The molecule has 1 N–H and O–H groups in total. The Bertz CT molecular complexity index is 807. The first-order valence-electron chi connectivity index (χ1n) is 6.53. The molecule has 0 fully saturated rings. The molecule has 0 atom stereocenters. The molecule has 0 bridgehead atoms. The van der Waals surface area contributed by atoms with E-state index in [1.165, 1.54) is 18.2 Å². The van der Waals surface area contributed by atoms with E-state index in [0.717, 1.165) is 11.8 Å². The molecule has 1 heterocycles. The number of hydrogen-bond acceptors (Lipinski definition) is 5. The maximum atomic E-state index is 13.1. The SMILES string of the molecule is Cc1nc(C)c(C#N)c(SCC(=O)Nc2ccc(F)c(Cl)c2)n1. The zero-order valence-electron chi connectivity index (χ0n) is 12.4. The minimum atomic E-state index is -0.551. The van der Waals surface area contributed by atoms with Gasteiger partial charge < -0.3 is 5.32 Å². The van der Waals surface area contributed by atoms with Gasteiger partial charge in [0.25, 0.3) is 0 Å². The van der Waals surface area contributed by atoms with E-state index >= 15 is 0 Å². The van der Waals surface area contributed by atoms with E-state index < -0.39 is 5.82 Å². The number of aryl methyl sites for hydroxylation is 2. The van der Waals surface area contributed by atoms with Crippen LogP contribution < -0.4 is 5.32 Å². The van der Waals surface area contributed by atoms with Gasteiger partial charge in [-0.2, -0.15) is 5.26 Å². The molecule has 23 heavy (non-hydrogen) atoms. The van der Waals surface area contributed by atoms with Crippen molar-refractivity contribution < 1.29 is 9.18 Å². The van der Waals surface area contributed by atoms with Gasteiger partial charge in [0.2, 0.25) is 5.91 Å². The van der Waals surface area contributed by atoms with Gasteiger partial charge >= 0.3 is 0 Å².